The highest BCUT2D eigenvalue weighted by Crippen LogP contribution is 2.39. The van der Waals surface area contributed by atoms with Crippen LogP contribution in [0.4, 0.5) is 0 Å². The van der Waals surface area contributed by atoms with Gasteiger partial charge in [-0.05, 0) is 76.8 Å². The molecule has 1 amide bonds. The molecule has 0 bridgehead atoms. The van der Waals surface area contributed by atoms with Crippen molar-refractivity contribution in [1.29, 1.82) is 0 Å². The van der Waals surface area contributed by atoms with Crippen molar-refractivity contribution in [3.63, 3.8) is 0 Å². The van der Waals surface area contributed by atoms with Crippen LogP contribution in [-0.4, -0.2) is 34.4 Å². The lowest BCUT2D eigenvalue weighted by Crippen LogP contribution is -2.45. The number of hydrogen-bond donors (Lipinski definition) is 1. The quantitative estimate of drug-likeness (QED) is 0.501. The van der Waals surface area contributed by atoms with E-state index in [9.17, 15) is 4.79 Å². The first-order valence-corrected chi connectivity index (χ1v) is 11.2. The number of benzene rings is 1. The number of nitrogens with zero attached hydrogens (tertiary/aromatic N) is 2. The van der Waals surface area contributed by atoms with Crippen molar-refractivity contribution in [3.05, 3.63) is 71.4 Å². The first kappa shape index (κ1) is 23.1. The molecule has 5 heteroatoms. The van der Waals surface area contributed by atoms with E-state index in [1.54, 1.807) is 6.08 Å². The van der Waals surface area contributed by atoms with Gasteiger partial charge in [-0.25, -0.2) is 4.98 Å². The second-order valence-corrected chi connectivity index (χ2v) is 9.51. The minimum absolute atomic E-state index is 0.0825. The summed E-state index contributed by atoms with van der Waals surface area (Å²) in [6.45, 7) is 12.3. The number of rotatable bonds is 8. The van der Waals surface area contributed by atoms with E-state index in [0.717, 1.165) is 35.5 Å². The molecule has 1 heterocycles. The summed E-state index contributed by atoms with van der Waals surface area (Å²) in [5, 5.41) is 3.89. The molecule has 0 unspecified atom stereocenters. The van der Waals surface area contributed by atoms with Crippen molar-refractivity contribution in [2.75, 3.05) is 7.05 Å². The van der Waals surface area contributed by atoms with Gasteiger partial charge in [-0.1, -0.05) is 36.4 Å². The lowest BCUT2D eigenvalue weighted by atomic mass is 9.97. The summed E-state index contributed by atoms with van der Waals surface area (Å²) in [6, 6.07) is 11.5. The van der Waals surface area contributed by atoms with Crippen LogP contribution in [0, 0.1) is 5.92 Å². The summed E-state index contributed by atoms with van der Waals surface area (Å²) in [5.74, 6) is 0.456. The first-order valence-electron chi connectivity index (χ1n) is 10.8. The number of amides is 1. The van der Waals surface area contributed by atoms with E-state index < -0.39 is 0 Å². The molecule has 0 radical (unpaired) electrons. The minimum Gasteiger partial charge on any atom is -0.370 e. The maximum absolute atomic E-state index is 13.3. The number of halogens is 1. The molecule has 2 aromatic rings. The molecule has 1 aliphatic carbocycles. The third kappa shape index (κ3) is 5.56. The normalized spacial score (nSPS) is 14.5. The van der Waals surface area contributed by atoms with Crippen LogP contribution < -0.4 is 5.32 Å². The van der Waals surface area contributed by atoms with E-state index in [0.29, 0.717) is 16.5 Å². The summed E-state index contributed by atoms with van der Waals surface area (Å²) >= 11 is 6.08. The molecule has 1 fully saturated rings. The number of aromatic nitrogens is 1. The summed E-state index contributed by atoms with van der Waals surface area (Å²) < 4.78 is 0. The van der Waals surface area contributed by atoms with E-state index in [-0.39, 0.29) is 17.5 Å². The molecule has 0 spiro atoms. The molecular weight excluding hydrogens is 406 g/mol. The standard InChI is InChI=1S/C26H32ClN3O/c1-7-8-24(30(6)17(2)3)23-16-19(25(31)29-26(4,5)20-11-12-20)15-22(28-23)18-9-13-21(27)14-10-18/h7-10,13-17,20H,1,11-12H2,2-6H3,(H,29,31)/b24-8-. The third-order valence-corrected chi connectivity index (χ3v) is 6.21. The van der Waals surface area contributed by atoms with Gasteiger partial charge >= 0.3 is 0 Å². The average molecular weight is 438 g/mol. The van der Waals surface area contributed by atoms with Crippen LogP contribution in [0.2, 0.25) is 5.02 Å². The number of pyridine rings is 1. The average Bonchev–Trinajstić information content (AvgIpc) is 3.57. The van der Waals surface area contributed by atoms with E-state index in [1.807, 2.05) is 49.5 Å². The van der Waals surface area contributed by atoms with Gasteiger partial charge in [-0.2, -0.15) is 0 Å². The Morgan fingerprint density at radius 1 is 1.26 bits per heavy atom. The fourth-order valence-electron chi connectivity index (χ4n) is 3.61. The lowest BCUT2D eigenvalue weighted by Gasteiger charge is -2.28. The fraction of sp³-hybridized carbons (Fsp3) is 0.385. The Morgan fingerprint density at radius 3 is 2.45 bits per heavy atom. The van der Waals surface area contributed by atoms with E-state index >= 15 is 0 Å². The van der Waals surface area contributed by atoms with Crippen LogP contribution in [-0.2, 0) is 0 Å². The molecular formula is C26H32ClN3O. The lowest BCUT2D eigenvalue weighted by molar-refractivity contribution is 0.0903. The van der Waals surface area contributed by atoms with Crippen molar-refractivity contribution in [2.45, 2.75) is 52.1 Å². The molecule has 3 rings (SSSR count). The largest absolute Gasteiger partial charge is 0.370 e. The van der Waals surface area contributed by atoms with Gasteiger partial charge in [0.05, 0.1) is 17.1 Å². The zero-order valence-corrected chi connectivity index (χ0v) is 19.8. The van der Waals surface area contributed by atoms with Crippen LogP contribution >= 0.6 is 11.6 Å². The molecule has 1 N–H and O–H groups in total. The first-order chi connectivity index (χ1) is 14.6. The molecule has 4 nitrogen and oxygen atoms in total. The van der Waals surface area contributed by atoms with E-state index in [1.165, 1.54) is 0 Å². The molecule has 1 aromatic heterocycles. The molecule has 1 aromatic carbocycles. The van der Waals surface area contributed by atoms with Crippen molar-refractivity contribution in [2.24, 2.45) is 5.92 Å². The molecule has 0 aliphatic heterocycles. The smallest absolute Gasteiger partial charge is 0.251 e. The Balaban J connectivity index is 2.09. The second-order valence-electron chi connectivity index (χ2n) is 9.08. The van der Waals surface area contributed by atoms with Crippen molar-refractivity contribution in [3.8, 4) is 11.3 Å². The van der Waals surface area contributed by atoms with Crippen molar-refractivity contribution < 1.29 is 4.79 Å². The van der Waals surface area contributed by atoms with E-state index in [4.69, 9.17) is 16.6 Å². The molecule has 31 heavy (non-hydrogen) atoms. The Morgan fingerprint density at radius 2 is 1.90 bits per heavy atom. The number of nitrogens with one attached hydrogen (secondary N) is 1. The fourth-order valence-corrected chi connectivity index (χ4v) is 3.73. The third-order valence-electron chi connectivity index (χ3n) is 5.95. The summed E-state index contributed by atoms with van der Waals surface area (Å²) in [5.41, 5.74) is 3.66. The van der Waals surface area contributed by atoms with Crippen LogP contribution in [0.25, 0.3) is 17.0 Å². The molecule has 164 valence electrons. The number of carbonyl (C=O) groups excluding carboxylic acids is 1. The van der Waals surface area contributed by atoms with Gasteiger partial charge < -0.3 is 10.2 Å². The zero-order valence-electron chi connectivity index (χ0n) is 19.1. The van der Waals surface area contributed by atoms with Crippen LogP contribution in [0.1, 0.15) is 56.6 Å². The maximum Gasteiger partial charge on any atom is 0.251 e. The Labute approximate surface area is 191 Å². The van der Waals surface area contributed by atoms with Crippen LogP contribution in [0.3, 0.4) is 0 Å². The SMILES string of the molecule is C=C/C=C(/c1cc(C(=O)NC(C)(C)C2CC2)cc(-c2ccc(Cl)cc2)n1)N(C)C(C)C. The van der Waals surface area contributed by atoms with Gasteiger partial charge in [-0.15, -0.1) is 0 Å². The zero-order chi connectivity index (χ0) is 22.8. The predicted octanol–water partition coefficient (Wildman–Crippen LogP) is 6.19. The molecule has 1 aliphatic rings. The predicted molar refractivity (Wildman–Crippen MR) is 130 cm³/mol. The minimum atomic E-state index is -0.227. The highest BCUT2D eigenvalue weighted by atomic mass is 35.5. The Bertz CT molecular complexity index is 988. The second kappa shape index (κ2) is 9.27. The molecule has 0 atom stereocenters. The summed E-state index contributed by atoms with van der Waals surface area (Å²) in [7, 11) is 2.02. The molecule has 0 saturated heterocycles. The van der Waals surface area contributed by atoms with Gasteiger partial charge in [0.25, 0.3) is 5.91 Å². The van der Waals surface area contributed by atoms with Gasteiger partial charge in [0.1, 0.15) is 0 Å². The number of carbonyl (C=O) groups is 1. The topological polar surface area (TPSA) is 45.2 Å². The van der Waals surface area contributed by atoms with Gasteiger partial charge in [0.15, 0.2) is 0 Å². The maximum atomic E-state index is 13.3. The van der Waals surface area contributed by atoms with Gasteiger partial charge in [-0.3, -0.25) is 4.79 Å². The number of allylic oxidation sites excluding steroid dienone is 2. The van der Waals surface area contributed by atoms with Crippen LogP contribution in [0.15, 0.2) is 55.1 Å². The summed E-state index contributed by atoms with van der Waals surface area (Å²) in [4.78, 5) is 20.3. The highest BCUT2D eigenvalue weighted by molar-refractivity contribution is 6.30. The van der Waals surface area contributed by atoms with Crippen molar-refractivity contribution >= 4 is 23.2 Å². The Hall–Kier alpha value is -2.59. The Kier molecular flexibility index (Phi) is 6.90. The monoisotopic (exact) mass is 437 g/mol. The van der Waals surface area contributed by atoms with Gasteiger partial charge in [0, 0.05) is 34.8 Å². The van der Waals surface area contributed by atoms with E-state index in [2.05, 4.69) is 44.5 Å². The number of hydrogen-bond acceptors (Lipinski definition) is 3. The van der Waals surface area contributed by atoms with Crippen LogP contribution in [0.5, 0.6) is 0 Å². The van der Waals surface area contributed by atoms with Gasteiger partial charge in [0.2, 0.25) is 0 Å². The molecule has 1 saturated carbocycles. The van der Waals surface area contributed by atoms with Crippen molar-refractivity contribution in [1.82, 2.24) is 15.2 Å². The highest BCUT2D eigenvalue weighted by Gasteiger charge is 2.39. The summed E-state index contributed by atoms with van der Waals surface area (Å²) in [6.07, 6.45) is 6.01.